The highest BCUT2D eigenvalue weighted by molar-refractivity contribution is 5.71. The zero-order valence-corrected chi connectivity index (χ0v) is 21.9. The molecule has 32 heavy (non-hydrogen) atoms. The fourth-order valence-electron chi connectivity index (χ4n) is 4.47. The number of benzene rings is 1. The van der Waals surface area contributed by atoms with Gasteiger partial charge in [0.25, 0.3) is 0 Å². The van der Waals surface area contributed by atoms with Crippen molar-refractivity contribution in [1.29, 1.82) is 0 Å². The fraction of sp³-hybridized carbons (Fsp3) is 0.679. The lowest BCUT2D eigenvalue weighted by Crippen LogP contribution is -2.50. The molecule has 0 N–H and O–H groups in total. The van der Waals surface area contributed by atoms with Gasteiger partial charge in [0.2, 0.25) is 0 Å². The highest BCUT2D eigenvalue weighted by Gasteiger charge is 2.32. The highest BCUT2D eigenvalue weighted by Crippen LogP contribution is 2.45. The molecule has 1 saturated heterocycles. The first-order valence-electron chi connectivity index (χ1n) is 12.6. The number of ether oxygens (including phenoxy) is 1. The quantitative estimate of drug-likeness (QED) is 0.507. The van der Waals surface area contributed by atoms with Gasteiger partial charge in [-0.25, -0.2) is 4.79 Å². The SMILES string of the molecule is CC.CCC1(C)CCC(CN2CCN(C(=O)OC(C)(C)C)CC2)=C(c2ccc(C)cc2)C1. The summed E-state index contributed by atoms with van der Waals surface area (Å²) in [6, 6.07) is 9.06. The number of carbonyl (C=O) groups excluding carboxylic acids is 1. The Morgan fingerprint density at radius 2 is 1.66 bits per heavy atom. The maximum absolute atomic E-state index is 12.4. The molecule has 3 rings (SSSR count). The minimum Gasteiger partial charge on any atom is -0.444 e. The molecule has 1 unspecified atom stereocenters. The Bertz CT molecular complexity index is 768. The third kappa shape index (κ3) is 7.37. The predicted molar refractivity (Wildman–Crippen MR) is 136 cm³/mol. The molecule has 2 aliphatic rings. The average molecular weight is 443 g/mol. The number of allylic oxidation sites excluding steroid dienone is 1. The highest BCUT2D eigenvalue weighted by atomic mass is 16.6. The van der Waals surface area contributed by atoms with E-state index in [0.29, 0.717) is 5.41 Å². The van der Waals surface area contributed by atoms with Crippen molar-refractivity contribution in [1.82, 2.24) is 9.80 Å². The molecular formula is C28H46N2O2. The Labute approximate surface area is 197 Å². The van der Waals surface area contributed by atoms with E-state index in [0.717, 1.165) is 32.7 Å². The van der Waals surface area contributed by atoms with Gasteiger partial charge in [0.05, 0.1) is 0 Å². The summed E-state index contributed by atoms with van der Waals surface area (Å²) in [6.45, 7) is 21.0. The van der Waals surface area contributed by atoms with Crippen LogP contribution in [0.25, 0.3) is 5.57 Å². The summed E-state index contributed by atoms with van der Waals surface area (Å²) < 4.78 is 5.54. The van der Waals surface area contributed by atoms with Crippen molar-refractivity contribution in [3.63, 3.8) is 0 Å². The third-order valence-corrected chi connectivity index (χ3v) is 6.75. The molecule has 1 heterocycles. The number of aryl methyl sites for hydroxylation is 1. The molecule has 1 atom stereocenters. The molecule has 180 valence electrons. The van der Waals surface area contributed by atoms with Crippen LogP contribution in [0.15, 0.2) is 29.8 Å². The van der Waals surface area contributed by atoms with Gasteiger partial charge in [-0.2, -0.15) is 0 Å². The molecule has 0 radical (unpaired) electrons. The van der Waals surface area contributed by atoms with Crippen LogP contribution in [0.2, 0.25) is 0 Å². The van der Waals surface area contributed by atoms with Crippen molar-refractivity contribution in [3.05, 3.63) is 41.0 Å². The summed E-state index contributed by atoms with van der Waals surface area (Å²) in [5.41, 5.74) is 5.82. The molecule has 1 amide bonds. The summed E-state index contributed by atoms with van der Waals surface area (Å²) in [6.07, 6.45) is 4.66. The van der Waals surface area contributed by atoms with E-state index in [1.54, 1.807) is 11.1 Å². The van der Waals surface area contributed by atoms with Crippen LogP contribution in [0.4, 0.5) is 4.79 Å². The predicted octanol–water partition coefficient (Wildman–Crippen LogP) is 6.93. The molecule has 1 aromatic carbocycles. The Kier molecular flexibility index (Phi) is 9.39. The van der Waals surface area contributed by atoms with Gasteiger partial charge in [-0.1, -0.05) is 69.5 Å². The Balaban J connectivity index is 0.00000176. The standard InChI is InChI=1S/C26H40N2O2.C2H6/c1-7-26(6)13-12-22(23(18-26)21-10-8-20(2)9-11-21)19-27-14-16-28(17-15-27)24(29)30-25(3,4)5;1-2/h8-11H,7,12-19H2,1-6H3;1-2H3. The second kappa shape index (κ2) is 11.4. The number of nitrogens with zero attached hydrogens (tertiary/aromatic N) is 2. The first-order chi connectivity index (χ1) is 15.1. The van der Waals surface area contributed by atoms with E-state index in [4.69, 9.17) is 4.74 Å². The topological polar surface area (TPSA) is 32.8 Å². The van der Waals surface area contributed by atoms with E-state index >= 15 is 0 Å². The lowest BCUT2D eigenvalue weighted by Gasteiger charge is -2.39. The van der Waals surface area contributed by atoms with E-state index in [9.17, 15) is 4.79 Å². The maximum atomic E-state index is 12.4. The molecule has 1 aromatic rings. The monoisotopic (exact) mass is 442 g/mol. The van der Waals surface area contributed by atoms with Crippen molar-refractivity contribution in [3.8, 4) is 0 Å². The lowest BCUT2D eigenvalue weighted by atomic mass is 9.70. The minimum atomic E-state index is -0.435. The molecule has 4 nitrogen and oxygen atoms in total. The van der Waals surface area contributed by atoms with E-state index in [-0.39, 0.29) is 6.09 Å². The second-order valence-electron chi connectivity index (χ2n) is 10.5. The van der Waals surface area contributed by atoms with Crippen LogP contribution < -0.4 is 0 Å². The number of rotatable bonds is 4. The smallest absolute Gasteiger partial charge is 0.410 e. The van der Waals surface area contributed by atoms with Crippen LogP contribution >= 0.6 is 0 Å². The second-order valence-corrected chi connectivity index (χ2v) is 10.5. The number of hydrogen-bond donors (Lipinski definition) is 0. The van der Waals surface area contributed by atoms with Crippen LogP contribution in [0.3, 0.4) is 0 Å². The van der Waals surface area contributed by atoms with Gasteiger partial charge in [-0.3, -0.25) is 4.90 Å². The van der Waals surface area contributed by atoms with Crippen LogP contribution in [-0.2, 0) is 4.74 Å². The Morgan fingerprint density at radius 1 is 1.06 bits per heavy atom. The zero-order valence-electron chi connectivity index (χ0n) is 21.9. The van der Waals surface area contributed by atoms with Crippen molar-refractivity contribution < 1.29 is 9.53 Å². The first-order valence-corrected chi connectivity index (χ1v) is 12.6. The maximum Gasteiger partial charge on any atom is 0.410 e. The Hall–Kier alpha value is -1.81. The molecule has 0 bridgehead atoms. The van der Waals surface area contributed by atoms with Gasteiger partial charge < -0.3 is 9.64 Å². The number of hydrogen-bond acceptors (Lipinski definition) is 3. The van der Waals surface area contributed by atoms with E-state index in [2.05, 4.69) is 49.9 Å². The van der Waals surface area contributed by atoms with Crippen LogP contribution in [0.1, 0.15) is 85.3 Å². The van der Waals surface area contributed by atoms with Crippen LogP contribution in [0, 0.1) is 12.3 Å². The number of piperazine rings is 1. The van der Waals surface area contributed by atoms with Gasteiger partial charge >= 0.3 is 6.09 Å². The molecule has 4 heteroatoms. The zero-order chi connectivity index (χ0) is 23.9. The van der Waals surface area contributed by atoms with Crippen LogP contribution in [-0.4, -0.2) is 54.2 Å². The van der Waals surface area contributed by atoms with Gasteiger partial charge in [-0.15, -0.1) is 0 Å². The molecule has 1 aliphatic heterocycles. The van der Waals surface area contributed by atoms with Crippen molar-refractivity contribution in [2.75, 3.05) is 32.7 Å². The summed E-state index contributed by atoms with van der Waals surface area (Å²) in [4.78, 5) is 16.7. The minimum absolute atomic E-state index is 0.182. The summed E-state index contributed by atoms with van der Waals surface area (Å²) in [5.74, 6) is 0. The summed E-state index contributed by atoms with van der Waals surface area (Å²) >= 11 is 0. The summed E-state index contributed by atoms with van der Waals surface area (Å²) in [7, 11) is 0. The van der Waals surface area contributed by atoms with Gasteiger partial charge in [0.1, 0.15) is 5.60 Å². The van der Waals surface area contributed by atoms with Gasteiger partial charge in [0, 0.05) is 32.7 Å². The van der Waals surface area contributed by atoms with Gasteiger partial charge in [-0.05, 0) is 63.5 Å². The summed E-state index contributed by atoms with van der Waals surface area (Å²) in [5, 5.41) is 0. The molecular weight excluding hydrogens is 396 g/mol. The van der Waals surface area contributed by atoms with E-state index in [1.807, 2.05) is 39.5 Å². The molecule has 0 aromatic heterocycles. The van der Waals surface area contributed by atoms with Crippen molar-refractivity contribution >= 4 is 11.7 Å². The van der Waals surface area contributed by atoms with E-state index in [1.165, 1.54) is 36.8 Å². The number of amides is 1. The van der Waals surface area contributed by atoms with Crippen LogP contribution in [0.5, 0.6) is 0 Å². The Morgan fingerprint density at radius 3 is 2.19 bits per heavy atom. The molecule has 1 aliphatic carbocycles. The fourth-order valence-corrected chi connectivity index (χ4v) is 4.47. The molecule has 1 fully saturated rings. The lowest BCUT2D eigenvalue weighted by molar-refractivity contribution is 0.0151. The van der Waals surface area contributed by atoms with Gasteiger partial charge in [0.15, 0.2) is 0 Å². The largest absolute Gasteiger partial charge is 0.444 e. The normalized spacial score (nSPS) is 22.3. The average Bonchev–Trinajstić information content (AvgIpc) is 2.76. The molecule has 0 spiro atoms. The van der Waals surface area contributed by atoms with Crippen molar-refractivity contribution in [2.45, 2.75) is 86.7 Å². The molecule has 0 saturated carbocycles. The van der Waals surface area contributed by atoms with E-state index < -0.39 is 5.60 Å². The first kappa shape index (κ1) is 26.4. The third-order valence-electron chi connectivity index (χ3n) is 6.75. The number of carbonyl (C=O) groups is 1. The van der Waals surface area contributed by atoms with Crippen molar-refractivity contribution in [2.24, 2.45) is 5.41 Å².